The van der Waals surface area contributed by atoms with Crippen LogP contribution in [0, 0.1) is 0 Å². The minimum atomic E-state index is -1.39. The van der Waals surface area contributed by atoms with Crippen molar-refractivity contribution in [3.05, 3.63) is 53.6 Å². The summed E-state index contributed by atoms with van der Waals surface area (Å²) in [5.41, 5.74) is 4.80. The van der Waals surface area contributed by atoms with E-state index >= 15 is 0 Å². The number of carbonyl (C=O) groups excluding carboxylic acids is 3. The molecule has 0 fully saturated rings. The summed E-state index contributed by atoms with van der Waals surface area (Å²) in [7, 11) is 3.00. The maximum atomic E-state index is 13.3. The second-order valence-electron chi connectivity index (χ2n) is 11.2. The number of aliphatic carboxylic acids is 1. The number of amides is 3. The number of primary amides is 1. The first-order valence-electron chi connectivity index (χ1n) is 13.4. The van der Waals surface area contributed by atoms with Gasteiger partial charge >= 0.3 is 12.1 Å². The molecule has 12 heteroatoms. The van der Waals surface area contributed by atoms with Gasteiger partial charge in [0.05, 0.1) is 14.2 Å². The van der Waals surface area contributed by atoms with Crippen molar-refractivity contribution in [2.24, 2.45) is 5.73 Å². The highest BCUT2D eigenvalue weighted by Crippen LogP contribution is 2.32. The van der Waals surface area contributed by atoms with Crippen LogP contribution in [0.5, 0.6) is 17.2 Å². The van der Waals surface area contributed by atoms with Crippen molar-refractivity contribution in [1.82, 2.24) is 10.6 Å². The van der Waals surface area contributed by atoms with Crippen LogP contribution in [0.15, 0.2) is 42.5 Å². The molecule has 5 N–H and O–H groups in total. The highest BCUT2D eigenvalue weighted by molar-refractivity contribution is 5.89. The normalized spacial score (nSPS) is 12.8. The van der Waals surface area contributed by atoms with E-state index in [1.807, 2.05) is 20.8 Å². The lowest BCUT2D eigenvalue weighted by Crippen LogP contribution is -2.53. The summed E-state index contributed by atoms with van der Waals surface area (Å²) < 4.78 is 22.2. The lowest BCUT2D eigenvalue weighted by atomic mass is 9.97. The van der Waals surface area contributed by atoms with Gasteiger partial charge in [0, 0.05) is 24.5 Å². The topological polar surface area (TPSA) is 176 Å². The Morgan fingerprint density at radius 2 is 1.43 bits per heavy atom. The molecule has 0 saturated heterocycles. The molecular formula is C30H41N3O9. The van der Waals surface area contributed by atoms with Crippen molar-refractivity contribution in [3.8, 4) is 17.2 Å². The first kappa shape index (κ1) is 33.7. The van der Waals surface area contributed by atoms with Crippen LogP contribution in [-0.4, -0.2) is 60.9 Å². The Bertz CT molecular complexity index is 1230. The Morgan fingerprint density at radius 1 is 0.857 bits per heavy atom. The van der Waals surface area contributed by atoms with E-state index in [1.165, 1.54) is 14.2 Å². The lowest BCUT2D eigenvalue weighted by molar-refractivity contribution is -0.142. The van der Waals surface area contributed by atoms with Crippen molar-refractivity contribution >= 4 is 23.9 Å². The standard InChI is InChI=1S/C30H41N3O9/c1-29(2,3)41-20-10-8-18(9-11-20)14-24(26(35)32-23(27(36)37)12-13-25(31)34)33-28(38)42-30(4,5)19-15-21(39-6)17-22(16-19)40-7/h8-11,15-17,23-24H,12-14H2,1-7H3,(H2,31,34)(H,32,35)(H,33,38)(H,36,37)/t23-,24-/m0/s1. The molecule has 2 aromatic rings. The molecule has 0 aliphatic carbocycles. The van der Waals surface area contributed by atoms with Crippen molar-refractivity contribution in [3.63, 3.8) is 0 Å². The molecule has 230 valence electrons. The van der Waals surface area contributed by atoms with E-state index in [-0.39, 0.29) is 19.3 Å². The SMILES string of the molecule is COc1cc(OC)cc(C(C)(C)OC(=O)N[C@@H](Cc2ccc(OC(C)(C)C)cc2)C(=O)N[C@@H](CCC(N)=O)C(=O)O)c1. The summed E-state index contributed by atoms with van der Waals surface area (Å²) in [6.45, 7) is 9.06. The van der Waals surface area contributed by atoms with Crippen LogP contribution in [0.3, 0.4) is 0 Å². The summed E-state index contributed by atoms with van der Waals surface area (Å²) in [6, 6.07) is 9.39. The third-order valence-electron chi connectivity index (χ3n) is 6.08. The summed E-state index contributed by atoms with van der Waals surface area (Å²) in [4.78, 5) is 49.3. The second kappa shape index (κ2) is 14.4. The molecule has 0 aromatic heterocycles. The molecule has 0 aliphatic rings. The average Bonchev–Trinajstić information content (AvgIpc) is 2.89. The van der Waals surface area contributed by atoms with Crippen LogP contribution in [0.4, 0.5) is 4.79 Å². The largest absolute Gasteiger partial charge is 0.497 e. The number of hydrogen-bond donors (Lipinski definition) is 4. The molecule has 2 atom stereocenters. The van der Waals surface area contributed by atoms with Crippen LogP contribution in [0.1, 0.15) is 58.6 Å². The number of hydrogen-bond acceptors (Lipinski definition) is 8. The van der Waals surface area contributed by atoms with Gasteiger partial charge in [-0.3, -0.25) is 9.59 Å². The summed E-state index contributed by atoms with van der Waals surface area (Å²) in [6.07, 6.45) is -1.37. The van der Waals surface area contributed by atoms with Gasteiger partial charge in [0.1, 0.15) is 40.5 Å². The van der Waals surface area contributed by atoms with Crippen LogP contribution < -0.4 is 30.6 Å². The molecule has 2 aromatic carbocycles. The monoisotopic (exact) mass is 587 g/mol. The Morgan fingerprint density at radius 3 is 1.90 bits per heavy atom. The van der Waals surface area contributed by atoms with Gasteiger partial charge < -0.3 is 40.4 Å². The number of ether oxygens (including phenoxy) is 4. The quantitative estimate of drug-likeness (QED) is 0.258. The van der Waals surface area contributed by atoms with E-state index in [9.17, 15) is 24.3 Å². The zero-order chi connectivity index (χ0) is 31.7. The summed E-state index contributed by atoms with van der Waals surface area (Å²) in [5, 5.41) is 14.5. The predicted octanol–water partition coefficient (Wildman–Crippen LogP) is 3.29. The van der Waals surface area contributed by atoms with Crippen molar-refractivity contribution in [2.75, 3.05) is 14.2 Å². The number of carbonyl (C=O) groups is 4. The van der Waals surface area contributed by atoms with Gasteiger partial charge in [-0.25, -0.2) is 9.59 Å². The van der Waals surface area contributed by atoms with Gasteiger partial charge in [0.2, 0.25) is 11.8 Å². The predicted molar refractivity (Wildman–Crippen MR) is 154 cm³/mol. The number of benzene rings is 2. The number of nitrogens with two attached hydrogens (primary N) is 1. The Labute approximate surface area is 245 Å². The number of nitrogens with one attached hydrogen (secondary N) is 2. The fraction of sp³-hybridized carbons (Fsp3) is 0.467. The Kier molecular flexibility index (Phi) is 11.6. The van der Waals surface area contributed by atoms with Gasteiger partial charge in [-0.15, -0.1) is 0 Å². The molecule has 0 spiro atoms. The zero-order valence-electron chi connectivity index (χ0n) is 25.1. The second-order valence-corrected chi connectivity index (χ2v) is 11.2. The Hall–Kier alpha value is -4.48. The van der Waals surface area contributed by atoms with E-state index in [2.05, 4.69) is 10.6 Å². The zero-order valence-corrected chi connectivity index (χ0v) is 25.1. The molecule has 12 nitrogen and oxygen atoms in total. The molecule has 0 unspecified atom stereocenters. The lowest BCUT2D eigenvalue weighted by Gasteiger charge is -2.28. The van der Waals surface area contributed by atoms with Crippen molar-refractivity contribution in [1.29, 1.82) is 0 Å². The highest BCUT2D eigenvalue weighted by Gasteiger charge is 2.31. The molecule has 0 radical (unpaired) electrons. The van der Waals surface area contributed by atoms with Gasteiger partial charge in [-0.1, -0.05) is 12.1 Å². The highest BCUT2D eigenvalue weighted by atomic mass is 16.6. The summed E-state index contributed by atoms with van der Waals surface area (Å²) in [5.74, 6) is -1.22. The van der Waals surface area contributed by atoms with Gasteiger partial charge in [0.25, 0.3) is 0 Å². The van der Waals surface area contributed by atoms with E-state index in [1.54, 1.807) is 56.3 Å². The van der Waals surface area contributed by atoms with Crippen LogP contribution in [0.25, 0.3) is 0 Å². The number of carboxylic acid groups (broad SMARTS) is 1. The number of alkyl carbamates (subject to hydrolysis) is 1. The minimum Gasteiger partial charge on any atom is -0.497 e. The fourth-order valence-corrected chi connectivity index (χ4v) is 3.93. The van der Waals surface area contributed by atoms with E-state index in [0.29, 0.717) is 28.4 Å². The molecule has 0 saturated carbocycles. The smallest absolute Gasteiger partial charge is 0.408 e. The molecule has 42 heavy (non-hydrogen) atoms. The first-order valence-corrected chi connectivity index (χ1v) is 13.4. The summed E-state index contributed by atoms with van der Waals surface area (Å²) >= 11 is 0. The maximum absolute atomic E-state index is 13.3. The van der Waals surface area contributed by atoms with Crippen molar-refractivity contribution in [2.45, 2.75) is 77.2 Å². The average molecular weight is 588 g/mol. The third-order valence-corrected chi connectivity index (χ3v) is 6.08. The van der Waals surface area contributed by atoms with Gasteiger partial charge in [-0.05, 0) is 70.9 Å². The molecule has 3 amide bonds. The van der Waals surface area contributed by atoms with E-state index < -0.39 is 47.2 Å². The van der Waals surface area contributed by atoms with Crippen molar-refractivity contribution < 1.29 is 43.2 Å². The van der Waals surface area contributed by atoms with E-state index in [4.69, 9.17) is 24.7 Å². The number of rotatable bonds is 14. The minimum absolute atomic E-state index is 0.00625. The first-order chi connectivity index (χ1) is 19.5. The number of carboxylic acids is 1. The van der Waals surface area contributed by atoms with Gasteiger partial charge in [0.15, 0.2) is 0 Å². The molecule has 0 bridgehead atoms. The third kappa shape index (κ3) is 10.8. The number of methoxy groups -OCH3 is 2. The molecular weight excluding hydrogens is 546 g/mol. The fourth-order valence-electron chi connectivity index (χ4n) is 3.93. The molecule has 2 rings (SSSR count). The van der Waals surface area contributed by atoms with Crippen LogP contribution in [-0.2, 0) is 31.1 Å². The van der Waals surface area contributed by atoms with Crippen LogP contribution in [0.2, 0.25) is 0 Å². The Balaban J connectivity index is 2.29. The van der Waals surface area contributed by atoms with E-state index in [0.717, 1.165) is 0 Å². The van der Waals surface area contributed by atoms with Gasteiger partial charge in [-0.2, -0.15) is 0 Å². The maximum Gasteiger partial charge on any atom is 0.408 e. The molecule has 0 aliphatic heterocycles. The molecule has 0 heterocycles. The van der Waals surface area contributed by atoms with Crippen LogP contribution >= 0.6 is 0 Å².